The molecule has 1 atom stereocenters. The lowest BCUT2D eigenvalue weighted by Crippen LogP contribution is -2.41. The SMILES string of the molecule is Cc1ccc(C)c(CN2C(=O)C(O)(CC(=O)c3cccc(Br)c3)c3ccccc32)c1. The fourth-order valence-corrected chi connectivity index (χ4v) is 4.37. The monoisotopic (exact) mass is 463 g/mol. The second kappa shape index (κ2) is 7.82. The zero-order chi connectivity index (χ0) is 21.5. The lowest BCUT2D eigenvalue weighted by Gasteiger charge is -2.23. The zero-order valence-electron chi connectivity index (χ0n) is 16.9. The van der Waals surface area contributed by atoms with Gasteiger partial charge >= 0.3 is 0 Å². The molecule has 1 unspecified atom stereocenters. The third kappa shape index (κ3) is 3.59. The van der Waals surface area contributed by atoms with Crippen molar-refractivity contribution in [3.8, 4) is 0 Å². The molecule has 0 saturated carbocycles. The summed E-state index contributed by atoms with van der Waals surface area (Å²) < 4.78 is 0.773. The van der Waals surface area contributed by atoms with Gasteiger partial charge < -0.3 is 10.0 Å². The summed E-state index contributed by atoms with van der Waals surface area (Å²) in [5, 5.41) is 11.5. The Kier molecular flexibility index (Phi) is 5.35. The summed E-state index contributed by atoms with van der Waals surface area (Å²) in [5.41, 5.74) is 2.89. The molecule has 1 amide bonds. The second-order valence-electron chi connectivity index (χ2n) is 7.81. The maximum Gasteiger partial charge on any atom is 0.264 e. The summed E-state index contributed by atoms with van der Waals surface area (Å²) in [5.74, 6) is -0.747. The van der Waals surface area contributed by atoms with Crippen LogP contribution >= 0.6 is 15.9 Å². The van der Waals surface area contributed by atoms with Crippen molar-refractivity contribution >= 4 is 33.3 Å². The van der Waals surface area contributed by atoms with Crippen molar-refractivity contribution in [2.45, 2.75) is 32.4 Å². The first-order valence-electron chi connectivity index (χ1n) is 9.78. The van der Waals surface area contributed by atoms with Crippen molar-refractivity contribution in [2.75, 3.05) is 4.90 Å². The van der Waals surface area contributed by atoms with Crippen molar-refractivity contribution < 1.29 is 14.7 Å². The van der Waals surface area contributed by atoms with E-state index < -0.39 is 11.5 Å². The smallest absolute Gasteiger partial charge is 0.264 e. The first kappa shape index (κ1) is 20.5. The van der Waals surface area contributed by atoms with Crippen molar-refractivity contribution in [2.24, 2.45) is 0 Å². The van der Waals surface area contributed by atoms with Crippen molar-refractivity contribution in [1.82, 2.24) is 0 Å². The van der Waals surface area contributed by atoms with Gasteiger partial charge in [0, 0.05) is 15.6 Å². The molecule has 0 aromatic heterocycles. The molecule has 0 radical (unpaired) electrons. The van der Waals surface area contributed by atoms with Gasteiger partial charge in [-0.25, -0.2) is 0 Å². The molecule has 0 fully saturated rings. The Morgan fingerprint density at radius 3 is 2.57 bits per heavy atom. The average Bonchev–Trinajstić information content (AvgIpc) is 2.93. The number of Topliss-reactive ketones (excluding diaryl/α,β-unsaturated/α-hetero) is 1. The summed E-state index contributed by atoms with van der Waals surface area (Å²) in [6, 6.07) is 20.3. The quantitative estimate of drug-likeness (QED) is 0.537. The molecule has 4 rings (SSSR count). The molecule has 4 nitrogen and oxygen atoms in total. The lowest BCUT2D eigenvalue weighted by atomic mass is 9.88. The molecule has 0 spiro atoms. The molecule has 1 heterocycles. The number of carbonyl (C=O) groups excluding carboxylic acids is 2. The number of ketones is 1. The number of hydrogen-bond acceptors (Lipinski definition) is 3. The number of anilines is 1. The van der Waals surface area contributed by atoms with E-state index >= 15 is 0 Å². The van der Waals surface area contributed by atoms with Crippen molar-refractivity contribution in [3.63, 3.8) is 0 Å². The number of aryl methyl sites for hydroxylation is 2. The summed E-state index contributed by atoms with van der Waals surface area (Å²) in [6.45, 7) is 4.36. The normalized spacial score (nSPS) is 17.9. The van der Waals surface area contributed by atoms with Gasteiger partial charge in [0.05, 0.1) is 18.7 Å². The number of hydrogen-bond donors (Lipinski definition) is 1. The zero-order valence-corrected chi connectivity index (χ0v) is 18.4. The van der Waals surface area contributed by atoms with E-state index in [-0.39, 0.29) is 12.2 Å². The third-order valence-corrected chi connectivity index (χ3v) is 6.13. The van der Waals surface area contributed by atoms with Crippen LogP contribution in [-0.2, 0) is 16.9 Å². The Morgan fingerprint density at radius 2 is 1.80 bits per heavy atom. The van der Waals surface area contributed by atoms with E-state index in [9.17, 15) is 14.7 Å². The number of rotatable bonds is 5. The van der Waals surface area contributed by atoms with Gasteiger partial charge in [-0.3, -0.25) is 9.59 Å². The Morgan fingerprint density at radius 1 is 1.03 bits per heavy atom. The number of fused-ring (bicyclic) bond motifs is 1. The van der Waals surface area contributed by atoms with Crippen LogP contribution in [0.25, 0.3) is 0 Å². The van der Waals surface area contributed by atoms with Gasteiger partial charge in [0.25, 0.3) is 5.91 Å². The molecular weight excluding hydrogens is 442 g/mol. The molecule has 1 aliphatic rings. The fraction of sp³-hybridized carbons (Fsp3) is 0.200. The first-order chi connectivity index (χ1) is 14.3. The molecule has 0 bridgehead atoms. The van der Waals surface area contributed by atoms with Crippen LogP contribution in [0.15, 0.2) is 71.2 Å². The number of amides is 1. The Balaban J connectivity index is 1.70. The third-order valence-electron chi connectivity index (χ3n) is 5.64. The summed E-state index contributed by atoms with van der Waals surface area (Å²) >= 11 is 3.36. The highest BCUT2D eigenvalue weighted by molar-refractivity contribution is 9.10. The number of halogens is 1. The van der Waals surface area contributed by atoms with Gasteiger partial charge in [-0.2, -0.15) is 0 Å². The van der Waals surface area contributed by atoms with Crippen LogP contribution in [0.4, 0.5) is 5.69 Å². The van der Waals surface area contributed by atoms with Crippen LogP contribution in [0.1, 0.15) is 39.0 Å². The van der Waals surface area contributed by atoms with Crippen molar-refractivity contribution in [1.29, 1.82) is 0 Å². The molecule has 5 heteroatoms. The van der Waals surface area contributed by atoms with Gasteiger partial charge in [-0.15, -0.1) is 0 Å². The fourth-order valence-electron chi connectivity index (χ4n) is 3.97. The van der Waals surface area contributed by atoms with Gasteiger partial charge in [-0.1, -0.05) is 70.0 Å². The molecule has 3 aromatic carbocycles. The molecule has 30 heavy (non-hydrogen) atoms. The predicted octanol–water partition coefficient (Wildman–Crippen LogP) is 5.07. The van der Waals surface area contributed by atoms with Gasteiger partial charge in [0.2, 0.25) is 0 Å². The van der Waals surface area contributed by atoms with E-state index in [0.717, 1.165) is 21.2 Å². The summed E-state index contributed by atoms with van der Waals surface area (Å²) in [6.07, 6.45) is -0.303. The van der Waals surface area contributed by atoms with Crippen LogP contribution in [0.2, 0.25) is 0 Å². The molecule has 0 saturated heterocycles. The van der Waals surface area contributed by atoms with Crippen LogP contribution < -0.4 is 4.90 Å². The number of nitrogens with zero attached hydrogens (tertiary/aromatic N) is 1. The Labute approximate surface area is 184 Å². The number of aliphatic hydroxyl groups is 1. The predicted molar refractivity (Wildman–Crippen MR) is 121 cm³/mol. The van der Waals surface area contributed by atoms with Crippen LogP contribution in [0, 0.1) is 13.8 Å². The number of benzene rings is 3. The standard InChI is InChI=1S/C25H22BrNO3/c1-16-10-11-17(2)19(12-16)15-27-22-9-4-3-8-21(22)25(30,24(27)29)14-23(28)18-6-5-7-20(26)13-18/h3-13,30H,14-15H2,1-2H3. The highest BCUT2D eigenvalue weighted by atomic mass is 79.9. The second-order valence-corrected chi connectivity index (χ2v) is 8.72. The van der Waals surface area contributed by atoms with E-state index in [1.54, 1.807) is 35.2 Å². The first-order valence-corrected chi connectivity index (χ1v) is 10.6. The maximum absolute atomic E-state index is 13.4. The molecule has 1 N–H and O–H groups in total. The molecular formula is C25H22BrNO3. The van der Waals surface area contributed by atoms with Gasteiger partial charge in [0.1, 0.15) is 0 Å². The minimum Gasteiger partial charge on any atom is -0.375 e. The number of para-hydroxylation sites is 1. The molecule has 1 aliphatic heterocycles. The van der Waals surface area contributed by atoms with Crippen molar-refractivity contribution in [3.05, 3.63) is 99.0 Å². The summed E-state index contributed by atoms with van der Waals surface area (Å²) in [7, 11) is 0. The summed E-state index contributed by atoms with van der Waals surface area (Å²) in [4.78, 5) is 27.9. The topological polar surface area (TPSA) is 57.6 Å². The van der Waals surface area contributed by atoms with E-state index in [4.69, 9.17) is 0 Å². The van der Waals surface area contributed by atoms with Crippen LogP contribution in [-0.4, -0.2) is 16.8 Å². The van der Waals surface area contributed by atoms with E-state index in [0.29, 0.717) is 23.4 Å². The largest absolute Gasteiger partial charge is 0.375 e. The van der Waals surface area contributed by atoms with E-state index in [2.05, 4.69) is 22.0 Å². The van der Waals surface area contributed by atoms with Gasteiger partial charge in [-0.05, 0) is 43.2 Å². The molecule has 0 aliphatic carbocycles. The minimum atomic E-state index is -1.88. The molecule has 152 valence electrons. The van der Waals surface area contributed by atoms with Crippen LogP contribution in [0.3, 0.4) is 0 Å². The number of carbonyl (C=O) groups is 2. The van der Waals surface area contributed by atoms with E-state index in [1.807, 2.05) is 44.2 Å². The minimum absolute atomic E-state index is 0.282. The highest BCUT2D eigenvalue weighted by Crippen LogP contribution is 2.43. The Bertz CT molecular complexity index is 1160. The maximum atomic E-state index is 13.4. The lowest BCUT2D eigenvalue weighted by molar-refractivity contribution is -0.136. The average molecular weight is 464 g/mol. The highest BCUT2D eigenvalue weighted by Gasteiger charge is 2.50. The van der Waals surface area contributed by atoms with E-state index in [1.165, 1.54) is 0 Å². The molecule has 3 aromatic rings. The van der Waals surface area contributed by atoms with Gasteiger partial charge in [0.15, 0.2) is 11.4 Å². The Hall–Kier alpha value is -2.76. The van der Waals surface area contributed by atoms with Crippen LogP contribution in [0.5, 0.6) is 0 Å².